The van der Waals surface area contributed by atoms with Crippen molar-refractivity contribution in [3.05, 3.63) is 35.9 Å². The average molecular weight is 203 g/mol. The summed E-state index contributed by atoms with van der Waals surface area (Å²) in [5, 5.41) is 2.97. The van der Waals surface area contributed by atoms with E-state index in [2.05, 4.69) is 17.4 Å². The molecule has 1 N–H and O–H groups in total. The standard InChI is InChI=1S/C13H17NO/c1-9(2)14-13(15)12-8-11(12)10-6-4-3-5-7-10/h3-7,9,11-12H,8H2,1-2H3,(H,14,15)/t11-,12-/m1/s1. The fraction of sp³-hybridized carbons (Fsp3) is 0.462. The van der Waals surface area contributed by atoms with Crippen molar-refractivity contribution in [2.24, 2.45) is 5.92 Å². The van der Waals surface area contributed by atoms with E-state index in [0.29, 0.717) is 5.92 Å². The SMILES string of the molecule is CC(C)NC(=O)[C@@H]1C[C@@H]1c1ccccc1. The normalized spacial score (nSPS) is 23.9. The molecule has 2 atom stereocenters. The Bertz CT molecular complexity index is 345. The van der Waals surface area contributed by atoms with Crippen molar-refractivity contribution in [1.82, 2.24) is 5.32 Å². The Hall–Kier alpha value is -1.31. The summed E-state index contributed by atoms with van der Waals surface area (Å²) in [6.45, 7) is 4.00. The Morgan fingerprint density at radius 1 is 1.33 bits per heavy atom. The molecule has 0 aliphatic heterocycles. The number of hydrogen-bond acceptors (Lipinski definition) is 1. The van der Waals surface area contributed by atoms with Crippen molar-refractivity contribution in [2.75, 3.05) is 0 Å². The maximum atomic E-state index is 11.7. The molecule has 0 radical (unpaired) electrons. The summed E-state index contributed by atoms with van der Waals surface area (Å²) < 4.78 is 0. The van der Waals surface area contributed by atoms with Gasteiger partial charge in [0.25, 0.3) is 0 Å². The van der Waals surface area contributed by atoms with Crippen LogP contribution in [0.3, 0.4) is 0 Å². The molecule has 1 saturated carbocycles. The lowest BCUT2D eigenvalue weighted by molar-refractivity contribution is -0.122. The molecule has 2 rings (SSSR count). The zero-order chi connectivity index (χ0) is 10.8. The number of nitrogens with one attached hydrogen (secondary N) is 1. The number of carbonyl (C=O) groups excluding carboxylic acids is 1. The third-order valence-electron chi connectivity index (χ3n) is 2.79. The molecule has 80 valence electrons. The first kappa shape index (κ1) is 10.2. The topological polar surface area (TPSA) is 29.1 Å². The van der Waals surface area contributed by atoms with Crippen LogP contribution in [-0.4, -0.2) is 11.9 Å². The molecule has 0 aromatic heterocycles. The molecule has 15 heavy (non-hydrogen) atoms. The molecule has 0 bridgehead atoms. The minimum Gasteiger partial charge on any atom is -0.354 e. The first-order valence-electron chi connectivity index (χ1n) is 5.54. The van der Waals surface area contributed by atoms with Gasteiger partial charge in [0.15, 0.2) is 0 Å². The Morgan fingerprint density at radius 3 is 2.60 bits per heavy atom. The van der Waals surface area contributed by atoms with Gasteiger partial charge in [-0.2, -0.15) is 0 Å². The van der Waals surface area contributed by atoms with Gasteiger partial charge in [0.1, 0.15) is 0 Å². The van der Waals surface area contributed by atoms with Gasteiger partial charge >= 0.3 is 0 Å². The summed E-state index contributed by atoms with van der Waals surface area (Å²) in [6, 6.07) is 10.5. The van der Waals surface area contributed by atoms with Crippen molar-refractivity contribution in [2.45, 2.75) is 32.2 Å². The van der Waals surface area contributed by atoms with Gasteiger partial charge in [-0.15, -0.1) is 0 Å². The molecular weight excluding hydrogens is 186 g/mol. The molecule has 0 heterocycles. The van der Waals surface area contributed by atoms with Crippen LogP contribution in [0.4, 0.5) is 0 Å². The molecule has 1 aliphatic rings. The highest BCUT2D eigenvalue weighted by molar-refractivity contribution is 5.83. The van der Waals surface area contributed by atoms with E-state index in [9.17, 15) is 4.79 Å². The monoisotopic (exact) mass is 203 g/mol. The second-order valence-corrected chi connectivity index (χ2v) is 4.52. The minimum absolute atomic E-state index is 0.204. The summed E-state index contributed by atoms with van der Waals surface area (Å²) in [4.78, 5) is 11.7. The molecule has 1 amide bonds. The van der Waals surface area contributed by atoms with Crippen LogP contribution in [-0.2, 0) is 4.79 Å². The number of amides is 1. The van der Waals surface area contributed by atoms with Crippen molar-refractivity contribution in [1.29, 1.82) is 0 Å². The van der Waals surface area contributed by atoms with E-state index >= 15 is 0 Å². The summed E-state index contributed by atoms with van der Waals surface area (Å²) >= 11 is 0. The van der Waals surface area contributed by atoms with Gasteiger partial charge in [-0.1, -0.05) is 30.3 Å². The lowest BCUT2D eigenvalue weighted by Gasteiger charge is -2.07. The molecule has 1 aliphatic carbocycles. The molecule has 0 spiro atoms. The molecule has 2 nitrogen and oxygen atoms in total. The minimum atomic E-state index is 0.204. The van der Waals surface area contributed by atoms with E-state index in [4.69, 9.17) is 0 Å². The third-order valence-corrected chi connectivity index (χ3v) is 2.79. The highest BCUT2D eigenvalue weighted by Gasteiger charge is 2.43. The predicted octanol–water partition coefficient (Wildman–Crippen LogP) is 2.31. The second kappa shape index (κ2) is 4.05. The van der Waals surface area contributed by atoms with Gasteiger partial charge in [0.05, 0.1) is 0 Å². The number of rotatable bonds is 3. The van der Waals surface area contributed by atoms with Gasteiger partial charge in [-0.05, 0) is 31.7 Å². The highest BCUT2D eigenvalue weighted by atomic mass is 16.2. The van der Waals surface area contributed by atoms with Crippen LogP contribution >= 0.6 is 0 Å². The number of hydrogen-bond donors (Lipinski definition) is 1. The zero-order valence-electron chi connectivity index (χ0n) is 9.23. The quantitative estimate of drug-likeness (QED) is 0.802. The predicted molar refractivity (Wildman–Crippen MR) is 60.6 cm³/mol. The van der Waals surface area contributed by atoms with Gasteiger partial charge in [0.2, 0.25) is 5.91 Å². The van der Waals surface area contributed by atoms with E-state index in [-0.39, 0.29) is 17.9 Å². The van der Waals surface area contributed by atoms with Gasteiger partial charge in [-0.3, -0.25) is 4.79 Å². The lowest BCUT2D eigenvalue weighted by Crippen LogP contribution is -2.31. The van der Waals surface area contributed by atoms with Crippen molar-refractivity contribution in [3.63, 3.8) is 0 Å². The van der Waals surface area contributed by atoms with Crippen molar-refractivity contribution >= 4 is 5.91 Å². The smallest absolute Gasteiger partial charge is 0.223 e. The van der Waals surface area contributed by atoms with E-state index in [1.54, 1.807) is 0 Å². The third kappa shape index (κ3) is 2.38. The van der Waals surface area contributed by atoms with Crippen molar-refractivity contribution < 1.29 is 4.79 Å². The average Bonchev–Trinajstić information content (AvgIpc) is 2.97. The van der Waals surface area contributed by atoms with Crippen LogP contribution in [0.2, 0.25) is 0 Å². The maximum absolute atomic E-state index is 11.7. The van der Waals surface area contributed by atoms with Crippen molar-refractivity contribution in [3.8, 4) is 0 Å². The molecule has 1 aromatic carbocycles. The summed E-state index contributed by atoms with van der Waals surface area (Å²) in [6.07, 6.45) is 1.00. The molecule has 0 unspecified atom stereocenters. The Labute approximate surface area is 90.7 Å². The summed E-state index contributed by atoms with van der Waals surface area (Å²) in [7, 11) is 0. The van der Waals surface area contributed by atoms with E-state index in [1.807, 2.05) is 32.0 Å². The van der Waals surface area contributed by atoms with Gasteiger partial charge < -0.3 is 5.32 Å². The van der Waals surface area contributed by atoms with E-state index < -0.39 is 0 Å². The fourth-order valence-corrected chi connectivity index (χ4v) is 1.94. The largest absolute Gasteiger partial charge is 0.354 e. The van der Waals surface area contributed by atoms with Crippen LogP contribution in [0.5, 0.6) is 0 Å². The fourth-order valence-electron chi connectivity index (χ4n) is 1.94. The Kier molecular flexibility index (Phi) is 2.76. The maximum Gasteiger partial charge on any atom is 0.223 e. The number of carbonyl (C=O) groups is 1. The Morgan fingerprint density at radius 2 is 2.00 bits per heavy atom. The highest BCUT2D eigenvalue weighted by Crippen LogP contribution is 2.47. The summed E-state index contributed by atoms with van der Waals surface area (Å²) in [5.41, 5.74) is 1.29. The molecule has 2 heteroatoms. The molecular formula is C13H17NO. The van der Waals surface area contributed by atoms with E-state index in [0.717, 1.165) is 6.42 Å². The lowest BCUT2D eigenvalue weighted by atomic mass is 10.1. The van der Waals surface area contributed by atoms with Crippen LogP contribution in [0.15, 0.2) is 30.3 Å². The van der Waals surface area contributed by atoms with Gasteiger partial charge in [0, 0.05) is 12.0 Å². The van der Waals surface area contributed by atoms with Crippen LogP contribution < -0.4 is 5.32 Å². The Balaban J connectivity index is 1.94. The first-order chi connectivity index (χ1) is 7.18. The molecule has 1 aromatic rings. The molecule has 1 fully saturated rings. The van der Waals surface area contributed by atoms with Crippen LogP contribution in [0.1, 0.15) is 31.7 Å². The molecule has 0 saturated heterocycles. The second-order valence-electron chi connectivity index (χ2n) is 4.52. The zero-order valence-corrected chi connectivity index (χ0v) is 9.23. The van der Waals surface area contributed by atoms with Gasteiger partial charge in [-0.25, -0.2) is 0 Å². The first-order valence-corrected chi connectivity index (χ1v) is 5.54. The summed E-state index contributed by atoms with van der Waals surface area (Å²) in [5.74, 6) is 0.860. The van der Waals surface area contributed by atoms with Crippen LogP contribution in [0, 0.1) is 5.92 Å². The number of benzene rings is 1. The van der Waals surface area contributed by atoms with E-state index in [1.165, 1.54) is 5.56 Å². The van der Waals surface area contributed by atoms with Crippen LogP contribution in [0.25, 0.3) is 0 Å².